The molecule has 2 heteroatoms. The number of hydrogen-bond acceptors (Lipinski definition) is 2. The lowest BCUT2D eigenvalue weighted by Crippen LogP contribution is -2.16. The standard InChI is InChI=1S/C45H33NO/c1-45(2)41-14-8-6-12-37(41)38-26-24-36(29-42(38)45)46(35-25-27-44-40(28-35)39-13-7-9-15-43(39)47-44)34-22-20-33(21-23-34)32-18-16-31(17-19-32)30-10-4-3-5-11-30/h3-29H,1-2H3. The average molecular weight is 604 g/mol. The number of benzene rings is 7. The highest BCUT2D eigenvalue weighted by molar-refractivity contribution is 6.06. The fourth-order valence-corrected chi connectivity index (χ4v) is 7.42. The SMILES string of the molecule is CC1(C)c2ccccc2-c2ccc(N(c3ccc(-c4ccc(-c5ccccc5)cc4)cc3)c3ccc4oc5ccccc5c4c3)cc21. The quantitative estimate of drug-likeness (QED) is 0.195. The van der Waals surface area contributed by atoms with E-state index in [0.717, 1.165) is 39.0 Å². The van der Waals surface area contributed by atoms with Gasteiger partial charge in [0.15, 0.2) is 0 Å². The van der Waals surface area contributed by atoms with Gasteiger partial charge in [0.2, 0.25) is 0 Å². The van der Waals surface area contributed by atoms with Crippen molar-refractivity contribution in [2.75, 3.05) is 4.90 Å². The molecule has 1 heterocycles. The molecule has 0 aliphatic heterocycles. The molecule has 0 radical (unpaired) electrons. The second-order valence-corrected chi connectivity index (χ2v) is 13.0. The molecule has 9 rings (SSSR count). The summed E-state index contributed by atoms with van der Waals surface area (Å²) < 4.78 is 6.20. The molecule has 1 aliphatic carbocycles. The van der Waals surface area contributed by atoms with Crippen LogP contribution < -0.4 is 4.90 Å². The van der Waals surface area contributed by atoms with E-state index in [-0.39, 0.29) is 5.41 Å². The van der Waals surface area contributed by atoms with E-state index in [4.69, 9.17) is 4.42 Å². The van der Waals surface area contributed by atoms with Crippen LogP contribution in [0.15, 0.2) is 168 Å². The number of anilines is 3. The Kier molecular flexibility index (Phi) is 6.20. The Morgan fingerprint density at radius 3 is 1.70 bits per heavy atom. The first-order valence-electron chi connectivity index (χ1n) is 16.3. The van der Waals surface area contributed by atoms with Gasteiger partial charge in [-0.05, 0) is 93.0 Å². The fraction of sp³-hybridized carbons (Fsp3) is 0.0667. The lowest BCUT2D eigenvalue weighted by Gasteiger charge is -2.28. The second kappa shape index (κ2) is 10.6. The highest BCUT2D eigenvalue weighted by Crippen LogP contribution is 2.50. The van der Waals surface area contributed by atoms with Gasteiger partial charge in [-0.2, -0.15) is 0 Å². The summed E-state index contributed by atoms with van der Waals surface area (Å²) >= 11 is 0. The monoisotopic (exact) mass is 603 g/mol. The molecule has 8 aromatic rings. The predicted octanol–water partition coefficient (Wildman–Crippen LogP) is 12.7. The first-order chi connectivity index (χ1) is 23.0. The largest absolute Gasteiger partial charge is 0.456 e. The van der Waals surface area contributed by atoms with Gasteiger partial charge in [-0.25, -0.2) is 0 Å². The molecule has 0 atom stereocenters. The van der Waals surface area contributed by atoms with Crippen LogP contribution in [0.3, 0.4) is 0 Å². The van der Waals surface area contributed by atoms with E-state index in [2.05, 4.69) is 170 Å². The predicted molar refractivity (Wildman–Crippen MR) is 197 cm³/mol. The molecule has 2 nitrogen and oxygen atoms in total. The van der Waals surface area contributed by atoms with E-state index in [9.17, 15) is 0 Å². The molecule has 0 N–H and O–H groups in total. The van der Waals surface area contributed by atoms with Crippen molar-refractivity contribution in [3.05, 3.63) is 175 Å². The van der Waals surface area contributed by atoms with Gasteiger partial charge in [-0.3, -0.25) is 0 Å². The Labute approximate surface area is 275 Å². The summed E-state index contributed by atoms with van der Waals surface area (Å²) in [7, 11) is 0. The van der Waals surface area contributed by atoms with Crippen LogP contribution in [0.2, 0.25) is 0 Å². The van der Waals surface area contributed by atoms with E-state index in [1.165, 1.54) is 44.5 Å². The molecular formula is C45H33NO. The lowest BCUT2D eigenvalue weighted by molar-refractivity contribution is 0.660. The molecule has 0 fully saturated rings. The van der Waals surface area contributed by atoms with Crippen LogP contribution in [0.25, 0.3) is 55.3 Å². The third kappa shape index (κ3) is 4.48. The average Bonchev–Trinajstić information content (AvgIpc) is 3.61. The minimum Gasteiger partial charge on any atom is -0.456 e. The molecule has 0 spiro atoms. The second-order valence-electron chi connectivity index (χ2n) is 13.0. The van der Waals surface area contributed by atoms with Crippen molar-refractivity contribution in [1.29, 1.82) is 0 Å². The fourth-order valence-electron chi connectivity index (χ4n) is 7.42. The smallest absolute Gasteiger partial charge is 0.135 e. The zero-order valence-electron chi connectivity index (χ0n) is 26.4. The van der Waals surface area contributed by atoms with Crippen LogP contribution in [0.1, 0.15) is 25.0 Å². The summed E-state index contributed by atoms with van der Waals surface area (Å²) in [5.41, 5.74) is 15.3. The lowest BCUT2D eigenvalue weighted by atomic mass is 9.82. The summed E-state index contributed by atoms with van der Waals surface area (Å²) in [6.07, 6.45) is 0. The van der Waals surface area contributed by atoms with E-state index in [0.29, 0.717) is 0 Å². The normalized spacial score (nSPS) is 13.1. The van der Waals surface area contributed by atoms with Gasteiger partial charge < -0.3 is 9.32 Å². The molecule has 1 aromatic heterocycles. The number of furan rings is 1. The van der Waals surface area contributed by atoms with Crippen molar-refractivity contribution < 1.29 is 4.42 Å². The molecule has 0 bridgehead atoms. The molecule has 0 saturated carbocycles. The number of fused-ring (bicyclic) bond motifs is 6. The summed E-state index contributed by atoms with van der Waals surface area (Å²) in [4.78, 5) is 2.38. The van der Waals surface area contributed by atoms with Crippen LogP contribution in [-0.2, 0) is 5.41 Å². The Hall–Kier alpha value is -5.86. The molecule has 224 valence electrons. The van der Waals surface area contributed by atoms with Gasteiger partial charge in [-0.1, -0.05) is 129 Å². The van der Waals surface area contributed by atoms with E-state index in [1.54, 1.807) is 0 Å². The van der Waals surface area contributed by atoms with Gasteiger partial charge in [0.1, 0.15) is 11.2 Å². The summed E-state index contributed by atoms with van der Waals surface area (Å²) in [5.74, 6) is 0. The highest BCUT2D eigenvalue weighted by atomic mass is 16.3. The van der Waals surface area contributed by atoms with Crippen LogP contribution in [-0.4, -0.2) is 0 Å². The zero-order chi connectivity index (χ0) is 31.5. The first-order valence-corrected chi connectivity index (χ1v) is 16.3. The Morgan fingerprint density at radius 2 is 0.936 bits per heavy atom. The summed E-state index contributed by atoms with van der Waals surface area (Å²) in [5, 5.41) is 2.25. The minimum absolute atomic E-state index is 0.0892. The summed E-state index contributed by atoms with van der Waals surface area (Å²) in [6, 6.07) is 59.0. The van der Waals surface area contributed by atoms with Crippen molar-refractivity contribution in [3.8, 4) is 33.4 Å². The van der Waals surface area contributed by atoms with Crippen molar-refractivity contribution in [3.63, 3.8) is 0 Å². The molecular weight excluding hydrogens is 571 g/mol. The maximum absolute atomic E-state index is 6.20. The topological polar surface area (TPSA) is 16.4 Å². The van der Waals surface area contributed by atoms with Crippen LogP contribution >= 0.6 is 0 Å². The van der Waals surface area contributed by atoms with Crippen LogP contribution in [0, 0.1) is 0 Å². The highest BCUT2D eigenvalue weighted by Gasteiger charge is 2.35. The maximum atomic E-state index is 6.20. The van der Waals surface area contributed by atoms with E-state index in [1.807, 2.05) is 12.1 Å². The Morgan fingerprint density at radius 1 is 0.404 bits per heavy atom. The van der Waals surface area contributed by atoms with E-state index < -0.39 is 0 Å². The maximum Gasteiger partial charge on any atom is 0.135 e. The van der Waals surface area contributed by atoms with Crippen molar-refractivity contribution >= 4 is 39.0 Å². The first kappa shape index (κ1) is 27.5. The minimum atomic E-state index is -0.0892. The van der Waals surface area contributed by atoms with Gasteiger partial charge in [-0.15, -0.1) is 0 Å². The summed E-state index contributed by atoms with van der Waals surface area (Å²) in [6.45, 7) is 4.68. The molecule has 0 amide bonds. The van der Waals surface area contributed by atoms with Gasteiger partial charge >= 0.3 is 0 Å². The molecule has 1 aliphatic rings. The Bertz CT molecular complexity index is 2410. The van der Waals surface area contributed by atoms with Crippen molar-refractivity contribution in [1.82, 2.24) is 0 Å². The van der Waals surface area contributed by atoms with Crippen LogP contribution in [0.5, 0.6) is 0 Å². The van der Waals surface area contributed by atoms with Gasteiger partial charge in [0.05, 0.1) is 0 Å². The molecule has 0 saturated heterocycles. The molecule has 0 unspecified atom stereocenters. The van der Waals surface area contributed by atoms with E-state index >= 15 is 0 Å². The van der Waals surface area contributed by atoms with Crippen molar-refractivity contribution in [2.45, 2.75) is 19.3 Å². The van der Waals surface area contributed by atoms with Gasteiger partial charge in [0.25, 0.3) is 0 Å². The molecule has 47 heavy (non-hydrogen) atoms. The molecule has 7 aromatic carbocycles. The third-order valence-electron chi connectivity index (χ3n) is 9.89. The number of nitrogens with zero attached hydrogens (tertiary/aromatic N) is 1. The van der Waals surface area contributed by atoms with Crippen LogP contribution in [0.4, 0.5) is 17.1 Å². The van der Waals surface area contributed by atoms with Gasteiger partial charge in [0, 0.05) is 33.2 Å². The third-order valence-corrected chi connectivity index (χ3v) is 9.89. The van der Waals surface area contributed by atoms with Crippen molar-refractivity contribution in [2.24, 2.45) is 0 Å². The number of para-hydroxylation sites is 1. The number of rotatable bonds is 5. The number of hydrogen-bond donors (Lipinski definition) is 0. The Balaban J connectivity index is 1.15. The zero-order valence-corrected chi connectivity index (χ0v) is 26.4.